The molecule has 84 valence electrons. The van der Waals surface area contributed by atoms with Gasteiger partial charge in [-0.3, -0.25) is 4.79 Å². The molecule has 0 saturated heterocycles. The van der Waals surface area contributed by atoms with E-state index in [0.29, 0.717) is 6.54 Å². The predicted molar refractivity (Wildman–Crippen MR) is 55.0 cm³/mol. The van der Waals surface area contributed by atoms with Crippen molar-refractivity contribution in [1.29, 1.82) is 0 Å². The quantitative estimate of drug-likeness (QED) is 0.598. The first-order chi connectivity index (χ1) is 6.54. The Bertz CT molecular complexity index is 169. The summed E-state index contributed by atoms with van der Waals surface area (Å²) >= 11 is 0. The van der Waals surface area contributed by atoms with Crippen molar-refractivity contribution in [3.05, 3.63) is 0 Å². The maximum Gasteiger partial charge on any atom is 0.251 e. The lowest BCUT2D eigenvalue weighted by molar-refractivity contribution is -0.139. The number of nitrogens with one attached hydrogen (secondary N) is 1. The van der Waals surface area contributed by atoms with Gasteiger partial charge in [0.25, 0.3) is 5.91 Å². The van der Waals surface area contributed by atoms with Crippen LogP contribution in [0.2, 0.25) is 0 Å². The van der Waals surface area contributed by atoms with Gasteiger partial charge in [0.05, 0.1) is 0 Å². The molecule has 0 aromatic carbocycles. The van der Waals surface area contributed by atoms with E-state index in [9.17, 15) is 4.79 Å². The lowest BCUT2D eigenvalue weighted by atomic mass is 10.1. The Balaban J connectivity index is 3.54. The molecule has 0 rings (SSSR count). The van der Waals surface area contributed by atoms with Crippen LogP contribution in [0.5, 0.6) is 0 Å². The number of carbonyl (C=O) groups excluding carboxylic acids is 1. The second-order valence-electron chi connectivity index (χ2n) is 3.75. The Morgan fingerprint density at radius 1 is 1.36 bits per heavy atom. The van der Waals surface area contributed by atoms with E-state index in [2.05, 4.69) is 5.32 Å². The molecule has 0 aromatic heterocycles. The van der Waals surface area contributed by atoms with Gasteiger partial charge in [0.1, 0.15) is 5.60 Å². The van der Waals surface area contributed by atoms with Crippen LogP contribution >= 0.6 is 0 Å². The Labute approximate surface area is 85.6 Å². The summed E-state index contributed by atoms with van der Waals surface area (Å²) in [7, 11) is 1.52. The van der Waals surface area contributed by atoms with Gasteiger partial charge in [-0.05, 0) is 33.1 Å². The number of aliphatic hydroxyl groups is 1. The average molecular weight is 203 g/mol. The molecule has 2 N–H and O–H groups in total. The van der Waals surface area contributed by atoms with E-state index in [0.717, 1.165) is 19.3 Å². The molecule has 0 aromatic rings. The van der Waals surface area contributed by atoms with E-state index in [1.165, 1.54) is 7.11 Å². The zero-order valence-corrected chi connectivity index (χ0v) is 9.30. The van der Waals surface area contributed by atoms with Gasteiger partial charge < -0.3 is 15.2 Å². The Kier molecular flexibility index (Phi) is 6.49. The number of aliphatic hydroxyl groups excluding tert-OH is 1. The first-order valence-electron chi connectivity index (χ1n) is 4.99. The van der Waals surface area contributed by atoms with Crippen molar-refractivity contribution in [1.82, 2.24) is 5.32 Å². The molecular weight excluding hydrogens is 182 g/mol. The van der Waals surface area contributed by atoms with Gasteiger partial charge in [-0.25, -0.2) is 0 Å². The average Bonchev–Trinajstić information content (AvgIpc) is 2.17. The minimum absolute atomic E-state index is 0.0935. The summed E-state index contributed by atoms with van der Waals surface area (Å²) < 4.78 is 5.03. The maximum atomic E-state index is 11.4. The third-order valence-electron chi connectivity index (χ3n) is 2.18. The highest BCUT2D eigenvalue weighted by atomic mass is 16.5. The van der Waals surface area contributed by atoms with Crippen LogP contribution < -0.4 is 5.32 Å². The van der Waals surface area contributed by atoms with Crippen molar-refractivity contribution < 1.29 is 14.6 Å². The number of unbranched alkanes of at least 4 members (excludes halogenated alkanes) is 2. The summed E-state index contributed by atoms with van der Waals surface area (Å²) in [6, 6.07) is 0. The topological polar surface area (TPSA) is 58.6 Å². The molecule has 0 aliphatic rings. The lowest BCUT2D eigenvalue weighted by Gasteiger charge is -2.21. The first kappa shape index (κ1) is 13.4. The number of rotatable bonds is 7. The van der Waals surface area contributed by atoms with Gasteiger partial charge in [-0.2, -0.15) is 0 Å². The Hall–Kier alpha value is -0.610. The lowest BCUT2D eigenvalue weighted by Crippen LogP contribution is -2.43. The molecule has 0 aliphatic heterocycles. The fourth-order valence-electron chi connectivity index (χ4n) is 0.921. The molecule has 0 bridgehead atoms. The summed E-state index contributed by atoms with van der Waals surface area (Å²) in [5.74, 6) is -0.0935. The van der Waals surface area contributed by atoms with Crippen LogP contribution in [0, 0.1) is 0 Å². The van der Waals surface area contributed by atoms with E-state index in [-0.39, 0.29) is 12.5 Å². The third-order valence-corrected chi connectivity index (χ3v) is 2.18. The van der Waals surface area contributed by atoms with Crippen molar-refractivity contribution in [2.45, 2.75) is 38.7 Å². The summed E-state index contributed by atoms with van der Waals surface area (Å²) in [6.07, 6.45) is 2.62. The number of amides is 1. The number of methoxy groups -OCH3 is 1. The van der Waals surface area contributed by atoms with Crippen molar-refractivity contribution in [3.63, 3.8) is 0 Å². The molecule has 4 nitrogen and oxygen atoms in total. The largest absolute Gasteiger partial charge is 0.396 e. The zero-order chi connectivity index (χ0) is 11.0. The van der Waals surface area contributed by atoms with Crippen LogP contribution in [-0.4, -0.2) is 36.9 Å². The molecule has 0 unspecified atom stereocenters. The molecule has 14 heavy (non-hydrogen) atoms. The summed E-state index contributed by atoms with van der Waals surface area (Å²) in [6.45, 7) is 4.33. The Morgan fingerprint density at radius 3 is 2.50 bits per heavy atom. The fraction of sp³-hybridized carbons (Fsp3) is 0.900. The van der Waals surface area contributed by atoms with E-state index >= 15 is 0 Å². The number of carbonyl (C=O) groups is 1. The molecule has 1 amide bonds. The van der Waals surface area contributed by atoms with E-state index in [4.69, 9.17) is 9.84 Å². The normalized spacial score (nSPS) is 11.4. The zero-order valence-electron chi connectivity index (χ0n) is 9.30. The Morgan fingerprint density at radius 2 is 2.00 bits per heavy atom. The van der Waals surface area contributed by atoms with Gasteiger partial charge in [-0.15, -0.1) is 0 Å². The number of ether oxygens (including phenoxy) is 1. The number of hydrogen-bond donors (Lipinski definition) is 2. The molecule has 0 radical (unpaired) electrons. The fourth-order valence-corrected chi connectivity index (χ4v) is 0.921. The van der Waals surface area contributed by atoms with Gasteiger partial charge >= 0.3 is 0 Å². The molecular formula is C10H21NO3. The highest BCUT2D eigenvalue weighted by molar-refractivity contribution is 5.84. The molecule has 0 aliphatic carbocycles. The SMILES string of the molecule is COC(C)(C)C(=O)NCCCCCO. The van der Waals surface area contributed by atoms with Gasteiger partial charge in [0, 0.05) is 20.3 Å². The van der Waals surface area contributed by atoms with Gasteiger partial charge in [0.15, 0.2) is 0 Å². The first-order valence-corrected chi connectivity index (χ1v) is 4.99. The molecule has 0 heterocycles. The van der Waals surface area contributed by atoms with Crippen molar-refractivity contribution in [3.8, 4) is 0 Å². The second-order valence-corrected chi connectivity index (χ2v) is 3.75. The maximum absolute atomic E-state index is 11.4. The summed E-state index contributed by atoms with van der Waals surface area (Å²) in [5, 5.41) is 11.3. The van der Waals surface area contributed by atoms with Crippen LogP contribution in [-0.2, 0) is 9.53 Å². The third kappa shape index (κ3) is 5.19. The van der Waals surface area contributed by atoms with Crippen LogP contribution in [0.1, 0.15) is 33.1 Å². The van der Waals surface area contributed by atoms with Gasteiger partial charge in [0.2, 0.25) is 0 Å². The highest BCUT2D eigenvalue weighted by Gasteiger charge is 2.25. The van der Waals surface area contributed by atoms with E-state index in [1.54, 1.807) is 13.8 Å². The summed E-state index contributed by atoms with van der Waals surface area (Å²) in [4.78, 5) is 11.4. The monoisotopic (exact) mass is 203 g/mol. The van der Waals surface area contributed by atoms with Gasteiger partial charge in [-0.1, -0.05) is 0 Å². The van der Waals surface area contributed by atoms with Crippen molar-refractivity contribution in [2.75, 3.05) is 20.3 Å². The second kappa shape index (κ2) is 6.79. The molecule has 0 fully saturated rings. The van der Waals surface area contributed by atoms with E-state index < -0.39 is 5.60 Å². The molecule has 4 heteroatoms. The summed E-state index contributed by atoms with van der Waals surface area (Å²) in [5.41, 5.74) is -0.753. The van der Waals surface area contributed by atoms with Crippen molar-refractivity contribution in [2.24, 2.45) is 0 Å². The molecule has 0 atom stereocenters. The highest BCUT2D eigenvalue weighted by Crippen LogP contribution is 2.06. The van der Waals surface area contributed by atoms with Crippen LogP contribution in [0.3, 0.4) is 0 Å². The predicted octanol–water partition coefficient (Wildman–Crippen LogP) is 0.690. The molecule has 0 saturated carbocycles. The van der Waals surface area contributed by atoms with Crippen molar-refractivity contribution >= 4 is 5.91 Å². The van der Waals surface area contributed by atoms with E-state index in [1.807, 2.05) is 0 Å². The minimum atomic E-state index is -0.753. The van der Waals surface area contributed by atoms with Crippen LogP contribution in [0.15, 0.2) is 0 Å². The molecule has 0 spiro atoms. The smallest absolute Gasteiger partial charge is 0.251 e. The van der Waals surface area contributed by atoms with Crippen LogP contribution in [0.25, 0.3) is 0 Å². The van der Waals surface area contributed by atoms with Crippen LogP contribution in [0.4, 0.5) is 0 Å². The minimum Gasteiger partial charge on any atom is -0.396 e. The standard InChI is InChI=1S/C10H21NO3/c1-10(2,14-3)9(13)11-7-5-4-6-8-12/h12H,4-8H2,1-3H3,(H,11,13). The number of hydrogen-bond acceptors (Lipinski definition) is 3.